The van der Waals surface area contributed by atoms with Gasteiger partial charge in [-0.1, -0.05) is 0 Å². The fourth-order valence-electron chi connectivity index (χ4n) is 2.45. The Morgan fingerprint density at radius 2 is 2.50 bits per heavy atom. The molecule has 1 aliphatic rings. The molecule has 4 heteroatoms. The van der Waals surface area contributed by atoms with Crippen molar-refractivity contribution in [3.63, 3.8) is 0 Å². The van der Waals surface area contributed by atoms with Gasteiger partial charge in [0.05, 0.1) is 11.8 Å². The molecule has 1 N–H and O–H groups in total. The zero-order valence-electron chi connectivity index (χ0n) is 9.98. The van der Waals surface area contributed by atoms with E-state index in [0.29, 0.717) is 6.04 Å². The summed E-state index contributed by atoms with van der Waals surface area (Å²) >= 11 is 1.64. The highest BCUT2D eigenvalue weighted by Crippen LogP contribution is 2.30. The molecular formula is C14H14N2OS. The van der Waals surface area contributed by atoms with Crippen LogP contribution in [0.15, 0.2) is 28.2 Å². The van der Waals surface area contributed by atoms with Crippen molar-refractivity contribution in [2.45, 2.75) is 31.8 Å². The van der Waals surface area contributed by atoms with Gasteiger partial charge in [0, 0.05) is 34.8 Å². The number of hydrogen-bond donors (Lipinski definition) is 1. The first-order chi connectivity index (χ1) is 8.86. The summed E-state index contributed by atoms with van der Waals surface area (Å²) in [6, 6.07) is 6.58. The van der Waals surface area contributed by atoms with Gasteiger partial charge in [-0.05, 0) is 25.0 Å². The Morgan fingerprint density at radius 3 is 3.33 bits per heavy atom. The van der Waals surface area contributed by atoms with Gasteiger partial charge in [0.25, 0.3) is 0 Å². The summed E-state index contributed by atoms with van der Waals surface area (Å²) in [5.74, 6) is 1.13. The average molecular weight is 258 g/mol. The minimum atomic E-state index is 0.389. The van der Waals surface area contributed by atoms with E-state index in [-0.39, 0.29) is 0 Å². The summed E-state index contributed by atoms with van der Waals surface area (Å²) in [6.07, 6.45) is 5.16. The molecule has 2 heterocycles. The molecular weight excluding hydrogens is 244 g/mol. The average Bonchev–Trinajstić information content (AvgIpc) is 3.05. The molecule has 0 amide bonds. The molecule has 0 radical (unpaired) electrons. The third-order valence-electron chi connectivity index (χ3n) is 3.36. The smallest absolute Gasteiger partial charge is 0.108 e. The quantitative estimate of drug-likeness (QED) is 0.918. The van der Waals surface area contributed by atoms with Gasteiger partial charge < -0.3 is 9.73 Å². The summed E-state index contributed by atoms with van der Waals surface area (Å²) in [7, 11) is 0. The number of furan rings is 1. The number of nitrogens with one attached hydrogen (secondary N) is 1. The van der Waals surface area contributed by atoms with E-state index in [9.17, 15) is 0 Å². The molecule has 3 rings (SSSR count). The fourth-order valence-corrected chi connectivity index (χ4v) is 3.21. The van der Waals surface area contributed by atoms with E-state index in [1.807, 2.05) is 11.4 Å². The molecule has 2 aromatic heterocycles. The number of rotatable bonds is 3. The van der Waals surface area contributed by atoms with E-state index in [1.54, 1.807) is 17.6 Å². The fraction of sp³-hybridized carbons (Fsp3) is 0.357. The molecule has 3 nitrogen and oxygen atoms in total. The van der Waals surface area contributed by atoms with Gasteiger partial charge >= 0.3 is 0 Å². The van der Waals surface area contributed by atoms with E-state index in [1.165, 1.54) is 16.9 Å². The predicted octanol–water partition coefficient (Wildman–Crippen LogP) is 3.38. The standard InChI is InChI=1S/C14H14N2OS/c15-7-10-6-11(18-9-10)8-16-13-2-1-3-14-12(13)4-5-17-14/h4-6,9,13,16H,1-3,8H2. The molecule has 0 saturated heterocycles. The largest absolute Gasteiger partial charge is 0.469 e. The molecule has 1 atom stereocenters. The monoisotopic (exact) mass is 258 g/mol. The number of nitriles is 1. The minimum Gasteiger partial charge on any atom is -0.469 e. The van der Waals surface area contributed by atoms with E-state index in [4.69, 9.17) is 9.68 Å². The normalized spacial score (nSPS) is 18.3. The number of fused-ring (bicyclic) bond motifs is 1. The van der Waals surface area contributed by atoms with E-state index >= 15 is 0 Å². The molecule has 0 saturated carbocycles. The maximum Gasteiger partial charge on any atom is 0.108 e. The predicted molar refractivity (Wildman–Crippen MR) is 70.3 cm³/mol. The molecule has 0 spiro atoms. The highest BCUT2D eigenvalue weighted by Gasteiger charge is 2.21. The van der Waals surface area contributed by atoms with Crippen molar-refractivity contribution in [3.05, 3.63) is 45.5 Å². The van der Waals surface area contributed by atoms with Crippen LogP contribution in [-0.2, 0) is 13.0 Å². The molecule has 92 valence electrons. The van der Waals surface area contributed by atoms with E-state index in [2.05, 4.69) is 17.5 Å². The first-order valence-corrected chi connectivity index (χ1v) is 7.02. The van der Waals surface area contributed by atoms with Crippen molar-refractivity contribution < 1.29 is 4.42 Å². The first kappa shape index (κ1) is 11.5. The van der Waals surface area contributed by atoms with E-state index < -0.39 is 0 Å². The van der Waals surface area contributed by atoms with Gasteiger partial charge in [0.2, 0.25) is 0 Å². The lowest BCUT2D eigenvalue weighted by atomic mass is 9.93. The van der Waals surface area contributed by atoms with E-state index in [0.717, 1.165) is 30.7 Å². The van der Waals surface area contributed by atoms with Crippen LogP contribution in [0.25, 0.3) is 0 Å². The number of aryl methyl sites for hydroxylation is 1. The summed E-state index contributed by atoms with van der Waals surface area (Å²) in [4.78, 5) is 1.21. The second-order valence-corrected chi connectivity index (χ2v) is 5.53. The summed E-state index contributed by atoms with van der Waals surface area (Å²) in [5.41, 5.74) is 2.06. The molecule has 1 unspecified atom stereocenters. The molecule has 0 fully saturated rings. The summed E-state index contributed by atoms with van der Waals surface area (Å²) in [6.45, 7) is 0.821. The third kappa shape index (κ3) is 2.20. The Morgan fingerprint density at radius 1 is 1.56 bits per heavy atom. The van der Waals surface area contributed by atoms with Gasteiger partial charge in [-0.3, -0.25) is 0 Å². The summed E-state index contributed by atoms with van der Waals surface area (Å²) < 4.78 is 5.48. The lowest BCUT2D eigenvalue weighted by Gasteiger charge is -2.22. The second-order valence-electron chi connectivity index (χ2n) is 4.54. The Kier molecular flexibility index (Phi) is 3.18. The third-order valence-corrected chi connectivity index (χ3v) is 4.29. The zero-order valence-corrected chi connectivity index (χ0v) is 10.8. The van der Waals surface area contributed by atoms with Crippen molar-refractivity contribution in [1.82, 2.24) is 5.32 Å². The first-order valence-electron chi connectivity index (χ1n) is 6.14. The van der Waals surface area contributed by atoms with Crippen LogP contribution in [0.3, 0.4) is 0 Å². The Labute approximate surface area is 110 Å². The molecule has 1 aliphatic carbocycles. The maximum absolute atomic E-state index is 8.79. The van der Waals surface area contributed by atoms with Crippen molar-refractivity contribution in [3.8, 4) is 6.07 Å². The lowest BCUT2D eigenvalue weighted by molar-refractivity contribution is 0.412. The number of nitrogens with zero attached hydrogens (tertiary/aromatic N) is 1. The maximum atomic E-state index is 8.79. The van der Waals surface area contributed by atoms with Crippen LogP contribution in [0.5, 0.6) is 0 Å². The Bertz CT molecular complexity index is 579. The number of hydrogen-bond acceptors (Lipinski definition) is 4. The van der Waals surface area contributed by atoms with Gasteiger partial charge in [0.1, 0.15) is 11.8 Å². The van der Waals surface area contributed by atoms with Gasteiger partial charge in [-0.15, -0.1) is 11.3 Å². The molecule has 0 aliphatic heterocycles. The van der Waals surface area contributed by atoms with Crippen LogP contribution in [0.1, 0.15) is 40.6 Å². The lowest BCUT2D eigenvalue weighted by Crippen LogP contribution is -2.23. The van der Waals surface area contributed by atoms with Crippen LogP contribution in [0.2, 0.25) is 0 Å². The molecule has 0 aromatic carbocycles. The van der Waals surface area contributed by atoms with Crippen LogP contribution in [-0.4, -0.2) is 0 Å². The zero-order chi connectivity index (χ0) is 12.4. The van der Waals surface area contributed by atoms with Crippen LogP contribution < -0.4 is 5.32 Å². The van der Waals surface area contributed by atoms with Crippen molar-refractivity contribution in [2.24, 2.45) is 0 Å². The molecule has 18 heavy (non-hydrogen) atoms. The van der Waals surface area contributed by atoms with Gasteiger partial charge in [0.15, 0.2) is 0 Å². The second kappa shape index (κ2) is 4.97. The Balaban J connectivity index is 1.67. The van der Waals surface area contributed by atoms with Crippen molar-refractivity contribution in [2.75, 3.05) is 0 Å². The van der Waals surface area contributed by atoms with Crippen molar-refractivity contribution in [1.29, 1.82) is 5.26 Å². The highest BCUT2D eigenvalue weighted by atomic mass is 32.1. The number of thiophene rings is 1. The highest BCUT2D eigenvalue weighted by molar-refractivity contribution is 7.10. The molecule has 2 aromatic rings. The van der Waals surface area contributed by atoms with Crippen molar-refractivity contribution >= 4 is 11.3 Å². The Hall–Kier alpha value is -1.57. The molecule has 0 bridgehead atoms. The minimum absolute atomic E-state index is 0.389. The van der Waals surface area contributed by atoms with Crippen LogP contribution >= 0.6 is 11.3 Å². The van der Waals surface area contributed by atoms with Crippen LogP contribution in [0, 0.1) is 11.3 Å². The topological polar surface area (TPSA) is 49.0 Å². The summed E-state index contributed by atoms with van der Waals surface area (Å²) in [5, 5.41) is 14.3. The SMILES string of the molecule is N#Cc1csc(CNC2CCCc3occc32)c1. The van der Waals surface area contributed by atoms with Gasteiger partial charge in [-0.25, -0.2) is 0 Å². The van der Waals surface area contributed by atoms with Crippen LogP contribution in [0.4, 0.5) is 0 Å². The van der Waals surface area contributed by atoms with Gasteiger partial charge in [-0.2, -0.15) is 5.26 Å².